The fraction of sp³-hybridized carbons (Fsp3) is 0.160. The number of ether oxygens (including phenoxy) is 1. The first-order valence-electron chi connectivity index (χ1n) is 9.81. The highest BCUT2D eigenvalue weighted by atomic mass is 16.6. The van der Waals surface area contributed by atoms with Crippen LogP contribution < -0.4 is 4.74 Å². The van der Waals surface area contributed by atoms with E-state index in [1.54, 1.807) is 30.3 Å². The minimum Gasteiger partial charge on any atom is -0.480 e. The van der Waals surface area contributed by atoms with Gasteiger partial charge in [-0.05, 0) is 35.3 Å². The van der Waals surface area contributed by atoms with Crippen molar-refractivity contribution in [2.45, 2.75) is 25.9 Å². The Morgan fingerprint density at radius 1 is 1.00 bits per heavy atom. The molecule has 0 bridgehead atoms. The fourth-order valence-electron chi connectivity index (χ4n) is 3.72. The molecule has 0 N–H and O–H groups in total. The fourth-order valence-corrected chi connectivity index (χ4v) is 3.72. The van der Waals surface area contributed by atoms with Crippen LogP contribution in [0.2, 0.25) is 0 Å². The number of hydrogen-bond acceptors (Lipinski definition) is 4. The Morgan fingerprint density at radius 3 is 2.40 bits per heavy atom. The standard InChI is InChI=1S/C25H21NO4/c1-16(2)19-13-12-17(15-22(19)26(28)29)14-21-24(27)20-10-6-7-11-23(20)30-25(21)18-8-4-3-5-9-18/h3-16,25H,1-2H3/b21-14-/t25-/m1/s1. The molecule has 3 aromatic carbocycles. The van der Waals surface area contributed by atoms with Crippen molar-refractivity contribution in [3.05, 3.63) is 111 Å². The van der Waals surface area contributed by atoms with Gasteiger partial charge in [-0.15, -0.1) is 0 Å². The number of benzene rings is 3. The van der Waals surface area contributed by atoms with E-state index >= 15 is 0 Å². The van der Waals surface area contributed by atoms with Crippen molar-refractivity contribution in [3.8, 4) is 5.75 Å². The van der Waals surface area contributed by atoms with Gasteiger partial charge in [0.2, 0.25) is 0 Å². The minimum absolute atomic E-state index is 0.0238. The summed E-state index contributed by atoms with van der Waals surface area (Å²) in [5, 5.41) is 11.6. The van der Waals surface area contributed by atoms with Crippen LogP contribution in [0.4, 0.5) is 5.69 Å². The lowest BCUT2D eigenvalue weighted by Crippen LogP contribution is -2.23. The second kappa shape index (κ2) is 7.95. The molecular formula is C25H21NO4. The molecule has 0 saturated carbocycles. The van der Waals surface area contributed by atoms with Crippen molar-refractivity contribution in [1.29, 1.82) is 0 Å². The van der Waals surface area contributed by atoms with Gasteiger partial charge >= 0.3 is 0 Å². The van der Waals surface area contributed by atoms with E-state index in [1.165, 1.54) is 6.07 Å². The first-order valence-corrected chi connectivity index (χ1v) is 9.81. The van der Waals surface area contributed by atoms with Gasteiger partial charge in [-0.1, -0.05) is 68.4 Å². The Hall–Kier alpha value is -3.73. The summed E-state index contributed by atoms with van der Waals surface area (Å²) in [5.74, 6) is 0.423. The predicted molar refractivity (Wildman–Crippen MR) is 116 cm³/mol. The van der Waals surface area contributed by atoms with Crippen molar-refractivity contribution >= 4 is 17.5 Å². The van der Waals surface area contributed by atoms with E-state index in [0.717, 1.165) is 5.56 Å². The molecule has 5 nitrogen and oxygen atoms in total. The summed E-state index contributed by atoms with van der Waals surface area (Å²) < 4.78 is 6.19. The van der Waals surface area contributed by atoms with Crippen LogP contribution in [0.1, 0.15) is 52.9 Å². The lowest BCUT2D eigenvalue weighted by atomic mass is 9.89. The molecule has 0 saturated heterocycles. The number of Topliss-reactive ketones (excluding diaryl/α,β-unsaturated/α-hetero) is 1. The number of para-hydroxylation sites is 1. The average molecular weight is 399 g/mol. The molecule has 150 valence electrons. The summed E-state index contributed by atoms with van der Waals surface area (Å²) in [6, 6.07) is 21.7. The third-order valence-electron chi connectivity index (χ3n) is 5.22. The summed E-state index contributed by atoms with van der Waals surface area (Å²) in [6.45, 7) is 3.84. The Morgan fingerprint density at radius 2 is 1.70 bits per heavy atom. The molecule has 0 radical (unpaired) electrons. The lowest BCUT2D eigenvalue weighted by Gasteiger charge is -2.28. The van der Waals surface area contributed by atoms with Crippen molar-refractivity contribution in [2.24, 2.45) is 0 Å². The Labute approximate surface area is 174 Å². The Kier molecular flexibility index (Phi) is 5.19. The first kappa shape index (κ1) is 19.6. The van der Waals surface area contributed by atoms with Gasteiger partial charge in [0.15, 0.2) is 11.9 Å². The van der Waals surface area contributed by atoms with Gasteiger partial charge in [0.05, 0.1) is 10.5 Å². The van der Waals surface area contributed by atoms with Crippen LogP contribution in [-0.2, 0) is 0 Å². The molecule has 0 aliphatic carbocycles. The number of nitro benzene ring substituents is 1. The van der Waals surface area contributed by atoms with Gasteiger partial charge in [-0.2, -0.15) is 0 Å². The topological polar surface area (TPSA) is 69.4 Å². The number of fused-ring (bicyclic) bond motifs is 1. The summed E-state index contributed by atoms with van der Waals surface area (Å²) in [4.78, 5) is 24.5. The van der Waals surface area contributed by atoms with Crippen LogP contribution in [0.5, 0.6) is 5.75 Å². The molecule has 0 fully saturated rings. The maximum Gasteiger partial charge on any atom is 0.273 e. The number of carbonyl (C=O) groups is 1. The molecule has 4 rings (SSSR count). The highest BCUT2D eigenvalue weighted by molar-refractivity contribution is 6.14. The van der Waals surface area contributed by atoms with E-state index in [9.17, 15) is 14.9 Å². The molecule has 1 heterocycles. The zero-order valence-corrected chi connectivity index (χ0v) is 16.7. The highest BCUT2D eigenvalue weighted by Crippen LogP contribution is 2.39. The van der Waals surface area contributed by atoms with Crippen molar-refractivity contribution < 1.29 is 14.5 Å². The SMILES string of the molecule is CC(C)c1ccc(/C=C2/C(=O)c3ccccc3O[C@@H]2c2ccccc2)cc1[N+](=O)[O-]. The van der Waals surface area contributed by atoms with Crippen LogP contribution >= 0.6 is 0 Å². The number of nitrogens with zero attached hydrogens (tertiary/aromatic N) is 1. The zero-order chi connectivity index (χ0) is 21.3. The van der Waals surface area contributed by atoms with Crippen molar-refractivity contribution in [2.75, 3.05) is 0 Å². The van der Waals surface area contributed by atoms with E-state index in [0.29, 0.717) is 28.0 Å². The van der Waals surface area contributed by atoms with Gasteiger partial charge in [0, 0.05) is 17.2 Å². The molecule has 0 unspecified atom stereocenters. The molecule has 5 heteroatoms. The van der Waals surface area contributed by atoms with Gasteiger partial charge < -0.3 is 4.74 Å². The number of rotatable bonds is 4. The molecule has 0 spiro atoms. The minimum atomic E-state index is -0.586. The molecule has 3 aromatic rings. The predicted octanol–water partition coefficient (Wildman–Crippen LogP) is 6.12. The molecule has 1 aliphatic heterocycles. The summed E-state index contributed by atoms with van der Waals surface area (Å²) in [5.41, 5.74) is 3.10. The van der Waals surface area contributed by atoms with Gasteiger partial charge in [0.1, 0.15) is 5.75 Å². The molecule has 1 atom stereocenters. The first-order chi connectivity index (χ1) is 14.5. The second-order valence-electron chi connectivity index (χ2n) is 7.56. The van der Waals surface area contributed by atoms with E-state index in [1.807, 2.05) is 56.3 Å². The van der Waals surface area contributed by atoms with Gasteiger partial charge in [0.25, 0.3) is 5.69 Å². The van der Waals surface area contributed by atoms with E-state index in [-0.39, 0.29) is 22.3 Å². The third kappa shape index (κ3) is 3.62. The van der Waals surface area contributed by atoms with E-state index in [2.05, 4.69) is 0 Å². The summed E-state index contributed by atoms with van der Waals surface area (Å²) >= 11 is 0. The largest absolute Gasteiger partial charge is 0.480 e. The normalized spacial score (nSPS) is 17.0. The smallest absolute Gasteiger partial charge is 0.273 e. The number of ketones is 1. The maximum atomic E-state index is 13.3. The molecular weight excluding hydrogens is 378 g/mol. The molecule has 0 aromatic heterocycles. The molecule has 1 aliphatic rings. The van der Waals surface area contributed by atoms with Crippen molar-refractivity contribution in [1.82, 2.24) is 0 Å². The Bertz CT molecular complexity index is 1150. The maximum absolute atomic E-state index is 13.3. The van der Waals surface area contributed by atoms with Gasteiger partial charge in [-0.3, -0.25) is 14.9 Å². The van der Waals surface area contributed by atoms with Crippen LogP contribution in [-0.4, -0.2) is 10.7 Å². The van der Waals surface area contributed by atoms with Gasteiger partial charge in [-0.25, -0.2) is 0 Å². The van der Waals surface area contributed by atoms with E-state index in [4.69, 9.17) is 4.74 Å². The number of hydrogen-bond donors (Lipinski definition) is 0. The van der Waals surface area contributed by atoms with E-state index < -0.39 is 6.10 Å². The van der Waals surface area contributed by atoms with Crippen LogP contribution in [0.15, 0.2) is 78.4 Å². The monoisotopic (exact) mass is 399 g/mol. The second-order valence-corrected chi connectivity index (χ2v) is 7.56. The molecule has 30 heavy (non-hydrogen) atoms. The zero-order valence-electron chi connectivity index (χ0n) is 16.7. The average Bonchev–Trinajstić information content (AvgIpc) is 2.76. The Balaban J connectivity index is 1.86. The summed E-state index contributed by atoms with van der Waals surface area (Å²) in [6.07, 6.45) is 1.12. The molecule has 0 amide bonds. The number of nitro groups is 1. The van der Waals surface area contributed by atoms with Crippen LogP contribution in [0.25, 0.3) is 6.08 Å². The van der Waals surface area contributed by atoms with Crippen molar-refractivity contribution in [3.63, 3.8) is 0 Å². The third-order valence-corrected chi connectivity index (χ3v) is 5.22. The quantitative estimate of drug-likeness (QED) is 0.301. The lowest BCUT2D eigenvalue weighted by molar-refractivity contribution is -0.385. The highest BCUT2D eigenvalue weighted by Gasteiger charge is 2.32. The summed E-state index contributed by atoms with van der Waals surface area (Å²) in [7, 11) is 0. The van der Waals surface area contributed by atoms with Crippen LogP contribution in [0.3, 0.4) is 0 Å². The number of carbonyl (C=O) groups excluding carboxylic acids is 1. The van der Waals surface area contributed by atoms with Crippen LogP contribution in [0, 0.1) is 10.1 Å².